The van der Waals surface area contributed by atoms with E-state index in [9.17, 15) is 14.4 Å². The Morgan fingerprint density at radius 2 is 1.59 bits per heavy atom. The number of anilines is 1. The number of carbonyl (C=O) groups is 3. The summed E-state index contributed by atoms with van der Waals surface area (Å²) in [5.41, 5.74) is 4.72. The Morgan fingerprint density at radius 1 is 0.973 bits per heavy atom. The molecule has 2 aromatic carbocycles. The summed E-state index contributed by atoms with van der Waals surface area (Å²) in [5.74, 6) is -0.0275. The zero-order valence-electron chi connectivity index (χ0n) is 23.5. The van der Waals surface area contributed by atoms with Gasteiger partial charge >= 0.3 is 6.09 Å². The van der Waals surface area contributed by atoms with Crippen LogP contribution in [-0.4, -0.2) is 53.5 Å². The SMILES string of the molecule is CSCCC(NC(=O)OC(C)(C)C)C(=O)N(C)C(C(=O)Nc1c(C)cccc1C)c1ccc(C)c(C)c1. The minimum absolute atomic E-state index is 0.322. The number of thioether (sulfide) groups is 1. The highest BCUT2D eigenvalue weighted by Gasteiger charge is 2.34. The fourth-order valence-corrected chi connectivity index (χ4v) is 4.48. The molecular weight excluding hydrogens is 486 g/mol. The van der Waals surface area contributed by atoms with Gasteiger partial charge in [0.15, 0.2) is 0 Å². The van der Waals surface area contributed by atoms with E-state index >= 15 is 0 Å². The molecule has 202 valence electrons. The van der Waals surface area contributed by atoms with E-state index < -0.39 is 23.8 Å². The molecule has 3 amide bonds. The van der Waals surface area contributed by atoms with E-state index in [1.807, 2.05) is 70.3 Å². The van der Waals surface area contributed by atoms with Gasteiger partial charge in [0.2, 0.25) is 5.91 Å². The lowest BCUT2D eigenvalue weighted by molar-refractivity contribution is -0.139. The Morgan fingerprint density at radius 3 is 2.14 bits per heavy atom. The van der Waals surface area contributed by atoms with Crippen molar-refractivity contribution in [2.24, 2.45) is 0 Å². The van der Waals surface area contributed by atoms with E-state index in [1.165, 1.54) is 4.90 Å². The zero-order chi connectivity index (χ0) is 27.9. The lowest BCUT2D eigenvalue weighted by Crippen LogP contribution is -2.51. The first-order valence-corrected chi connectivity index (χ1v) is 13.8. The molecule has 0 saturated carbocycles. The monoisotopic (exact) mass is 527 g/mol. The molecule has 0 heterocycles. The number of likely N-dealkylation sites (N-methyl/N-ethyl adjacent to an activating group) is 1. The molecule has 0 fully saturated rings. The van der Waals surface area contributed by atoms with E-state index in [0.717, 1.165) is 27.9 Å². The molecule has 2 atom stereocenters. The van der Waals surface area contributed by atoms with Crippen LogP contribution in [0.15, 0.2) is 36.4 Å². The molecule has 7 nitrogen and oxygen atoms in total. The van der Waals surface area contributed by atoms with Crippen molar-refractivity contribution in [1.82, 2.24) is 10.2 Å². The predicted molar refractivity (Wildman–Crippen MR) is 152 cm³/mol. The Balaban J connectivity index is 2.44. The van der Waals surface area contributed by atoms with Crippen LogP contribution < -0.4 is 10.6 Å². The van der Waals surface area contributed by atoms with E-state index in [2.05, 4.69) is 10.6 Å². The first-order chi connectivity index (χ1) is 17.2. The number of ether oxygens (including phenoxy) is 1. The topological polar surface area (TPSA) is 87.7 Å². The van der Waals surface area contributed by atoms with E-state index in [-0.39, 0.29) is 11.8 Å². The van der Waals surface area contributed by atoms with Gasteiger partial charge in [0, 0.05) is 12.7 Å². The predicted octanol–water partition coefficient (Wildman–Crippen LogP) is 5.70. The van der Waals surface area contributed by atoms with Gasteiger partial charge in [-0.25, -0.2) is 4.79 Å². The largest absolute Gasteiger partial charge is 0.444 e. The third-order valence-corrected chi connectivity index (χ3v) is 6.80. The highest BCUT2D eigenvalue weighted by atomic mass is 32.2. The number of hydrogen-bond donors (Lipinski definition) is 2. The number of rotatable bonds is 9. The van der Waals surface area contributed by atoms with Crippen LogP contribution in [0.4, 0.5) is 10.5 Å². The average Bonchev–Trinajstić information content (AvgIpc) is 2.79. The van der Waals surface area contributed by atoms with E-state index in [4.69, 9.17) is 4.74 Å². The average molecular weight is 528 g/mol. The maximum atomic E-state index is 13.8. The molecule has 0 bridgehead atoms. The van der Waals surface area contributed by atoms with Crippen LogP contribution in [0.1, 0.15) is 61.1 Å². The van der Waals surface area contributed by atoms with Crippen LogP contribution in [0.25, 0.3) is 0 Å². The van der Waals surface area contributed by atoms with Crippen molar-refractivity contribution in [2.75, 3.05) is 24.4 Å². The van der Waals surface area contributed by atoms with Crippen molar-refractivity contribution < 1.29 is 19.1 Å². The maximum Gasteiger partial charge on any atom is 0.408 e. The van der Waals surface area contributed by atoms with E-state index in [1.54, 1.807) is 39.6 Å². The number of nitrogens with one attached hydrogen (secondary N) is 2. The number of para-hydroxylation sites is 1. The van der Waals surface area contributed by atoms with Gasteiger partial charge in [-0.1, -0.05) is 36.4 Å². The first kappa shape index (κ1) is 30.2. The molecule has 0 aliphatic carbocycles. The Labute approximate surface area is 225 Å². The summed E-state index contributed by atoms with van der Waals surface area (Å²) in [6.07, 6.45) is 1.68. The van der Waals surface area contributed by atoms with Crippen molar-refractivity contribution in [3.05, 3.63) is 64.2 Å². The Hall–Kier alpha value is -3.00. The second kappa shape index (κ2) is 13.0. The van der Waals surface area contributed by atoms with Crippen molar-refractivity contribution in [1.29, 1.82) is 0 Å². The number of amides is 3. The Kier molecular flexibility index (Phi) is 10.6. The first-order valence-electron chi connectivity index (χ1n) is 12.4. The molecule has 2 aromatic rings. The second-order valence-electron chi connectivity index (χ2n) is 10.4. The lowest BCUT2D eigenvalue weighted by Gasteiger charge is -2.32. The van der Waals surface area contributed by atoms with Crippen LogP contribution in [0.3, 0.4) is 0 Å². The molecule has 2 N–H and O–H groups in total. The Bertz CT molecular complexity index is 1110. The minimum atomic E-state index is -0.900. The zero-order valence-corrected chi connectivity index (χ0v) is 24.3. The molecule has 2 rings (SSSR count). The van der Waals surface area contributed by atoms with Gasteiger partial charge in [0.05, 0.1) is 0 Å². The summed E-state index contributed by atoms with van der Waals surface area (Å²) in [4.78, 5) is 41.5. The molecule has 0 spiro atoms. The third-order valence-electron chi connectivity index (χ3n) is 6.16. The van der Waals surface area contributed by atoms with Crippen molar-refractivity contribution in [3.8, 4) is 0 Å². The summed E-state index contributed by atoms with van der Waals surface area (Å²) in [7, 11) is 1.61. The molecular formula is C29H41N3O4S. The molecule has 0 radical (unpaired) electrons. The smallest absolute Gasteiger partial charge is 0.408 e. The fraction of sp³-hybridized carbons (Fsp3) is 0.483. The second-order valence-corrected chi connectivity index (χ2v) is 11.4. The summed E-state index contributed by atoms with van der Waals surface area (Å²) in [6, 6.07) is 9.84. The van der Waals surface area contributed by atoms with Crippen LogP contribution >= 0.6 is 11.8 Å². The summed E-state index contributed by atoms with van der Waals surface area (Å²) >= 11 is 1.58. The summed E-state index contributed by atoms with van der Waals surface area (Å²) in [6.45, 7) is 13.2. The quantitative estimate of drug-likeness (QED) is 0.436. The van der Waals surface area contributed by atoms with Crippen molar-refractivity contribution in [3.63, 3.8) is 0 Å². The number of alkyl carbamates (subject to hydrolysis) is 1. The molecule has 8 heteroatoms. The van der Waals surface area contributed by atoms with Crippen LogP contribution in [0, 0.1) is 27.7 Å². The summed E-state index contributed by atoms with van der Waals surface area (Å²) < 4.78 is 5.40. The minimum Gasteiger partial charge on any atom is -0.444 e. The van der Waals surface area contributed by atoms with Crippen molar-refractivity contribution >= 4 is 35.4 Å². The van der Waals surface area contributed by atoms with Crippen molar-refractivity contribution in [2.45, 2.75) is 72.6 Å². The summed E-state index contributed by atoms with van der Waals surface area (Å²) in [5, 5.41) is 5.78. The normalized spacial score (nSPS) is 12.9. The van der Waals surface area contributed by atoms with Gasteiger partial charge in [-0.15, -0.1) is 0 Å². The molecule has 0 aromatic heterocycles. The highest BCUT2D eigenvalue weighted by molar-refractivity contribution is 7.98. The number of benzene rings is 2. The van der Waals surface area contributed by atoms with E-state index in [0.29, 0.717) is 17.7 Å². The number of nitrogens with zero attached hydrogens (tertiary/aromatic N) is 1. The van der Waals surface area contributed by atoms with Gasteiger partial charge in [-0.05, 0) is 94.7 Å². The number of hydrogen-bond acceptors (Lipinski definition) is 5. The van der Waals surface area contributed by atoms with Gasteiger partial charge in [0.25, 0.3) is 5.91 Å². The molecule has 0 aliphatic heterocycles. The molecule has 2 unspecified atom stereocenters. The molecule has 0 aliphatic rings. The lowest BCUT2D eigenvalue weighted by atomic mass is 9.98. The van der Waals surface area contributed by atoms with Crippen LogP contribution in [0.2, 0.25) is 0 Å². The molecule has 37 heavy (non-hydrogen) atoms. The van der Waals surface area contributed by atoms with Gasteiger partial charge in [-0.3, -0.25) is 9.59 Å². The maximum absolute atomic E-state index is 13.8. The molecule has 0 saturated heterocycles. The fourth-order valence-electron chi connectivity index (χ4n) is 4.00. The third kappa shape index (κ3) is 8.52. The van der Waals surface area contributed by atoms with Crippen LogP contribution in [-0.2, 0) is 14.3 Å². The van der Waals surface area contributed by atoms with Gasteiger partial charge in [0.1, 0.15) is 17.7 Å². The number of aryl methyl sites for hydroxylation is 4. The number of carbonyl (C=O) groups excluding carboxylic acids is 3. The van der Waals surface area contributed by atoms with Gasteiger partial charge in [-0.2, -0.15) is 11.8 Å². The van der Waals surface area contributed by atoms with Gasteiger partial charge < -0.3 is 20.3 Å². The van der Waals surface area contributed by atoms with Crippen LogP contribution in [0.5, 0.6) is 0 Å². The highest BCUT2D eigenvalue weighted by Crippen LogP contribution is 2.27. The standard InChI is InChI=1S/C29H41N3O4S/c1-18-13-14-22(17-21(18)4)25(26(33)31-24-19(2)11-10-12-20(24)3)32(8)27(34)23(15-16-37-9)30-28(35)36-29(5,6)7/h10-14,17,23,25H,15-16H2,1-9H3,(H,30,35)(H,31,33).